The van der Waals surface area contributed by atoms with Gasteiger partial charge in [0.1, 0.15) is 11.7 Å². The van der Waals surface area contributed by atoms with Crippen molar-refractivity contribution in [3.8, 4) is 0 Å². The van der Waals surface area contributed by atoms with E-state index in [1.54, 1.807) is 0 Å². The van der Waals surface area contributed by atoms with Crippen LogP contribution in [0.1, 0.15) is 32.2 Å². The zero-order chi connectivity index (χ0) is 24.8. The van der Waals surface area contributed by atoms with Crippen LogP contribution >= 0.6 is 11.3 Å². The van der Waals surface area contributed by atoms with E-state index in [1.165, 1.54) is 16.7 Å². The first-order valence-electron chi connectivity index (χ1n) is 9.49. The molecule has 6 nitrogen and oxygen atoms in total. The Morgan fingerprint density at radius 1 is 0.879 bits per heavy atom. The number of hydrogen-bond acceptors (Lipinski definition) is 5. The first-order chi connectivity index (χ1) is 15.3. The number of carbonyl (C=O) groups is 3. The summed E-state index contributed by atoms with van der Waals surface area (Å²) in [7, 11) is 0. The van der Waals surface area contributed by atoms with Crippen molar-refractivity contribution in [1.82, 2.24) is 5.32 Å². The Bertz CT molecular complexity index is 967. The maximum Gasteiger partial charge on any atom is 0.455 e. The average molecular weight is 496 g/mol. The predicted octanol–water partition coefficient (Wildman–Crippen LogP) is 1.90. The minimum atomic E-state index is -5.19. The van der Waals surface area contributed by atoms with Crippen LogP contribution in [0.2, 0.25) is 0 Å². The molecule has 0 unspecified atom stereocenters. The van der Waals surface area contributed by atoms with Crippen molar-refractivity contribution >= 4 is 34.7 Å². The molecule has 1 amide bonds. The summed E-state index contributed by atoms with van der Waals surface area (Å²) in [6.45, 7) is 1.74. The number of carboxylic acids is 1. The Morgan fingerprint density at radius 3 is 1.88 bits per heavy atom. The number of para-hydroxylation sites is 1. The van der Waals surface area contributed by atoms with Crippen LogP contribution in [0.15, 0.2) is 42.5 Å². The van der Waals surface area contributed by atoms with Gasteiger partial charge in [0.05, 0.1) is 22.8 Å². The molecule has 0 radical (unpaired) electrons. The van der Waals surface area contributed by atoms with Crippen molar-refractivity contribution in [2.75, 3.05) is 13.1 Å². The second kappa shape index (κ2) is 10.8. The van der Waals surface area contributed by atoms with E-state index < -0.39 is 34.9 Å². The topological polar surface area (TPSA) is 90.7 Å². The average Bonchev–Trinajstić information content (AvgIpc) is 3.24. The highest BCUT2D eigenvalue weighted by Gasteiger charge is 2.40. The van der Waals surface area contributed by atoms with Crippen molar-refractivity contribution < 1.29 is 50.7 Å². The molecular formula is C20H18F6N2O4S. The standard InChI is InChI=1S/C18H17F3N2O2S.C2HF3O2/c19-18(20,21)16(24)14-6-7-15(26-14)17(25)22-12-8-10-23(11-9-12)13-4-2-1-3-5-13;3-2(4,5)1(6)7/h1-7,12H,8-11H2,(H,22,25);(H,6,7). The lowest BCUT2D eigenvalue weighted by Gasteiger charge is -2.29. The number of piperidine rings is 1. The number of rotatable bonds is 4. The normalized spacial score (nSPS) is 18.6. The van der Waals surface area contributed by atoms with Gasteiger partial charge in [0, 0.05) is 18.9 Å². The first-order valence-corrected chi connectivity index (χ1v) is 10.3. The van der Waals surface area contributed by atoms with E-state index >= 15 is 0 Å². The summed E-state index contributed by atoms with van der Waals surface area (Å²) in [6.07, 6.45) is -8.54. The molecule has 33 heavy (non-hydrogen) atoms. The van der Waals surface area contributed by atoms with Crippen LogP contribution in [0.25, 0.3) is 0 Å². The minimum Gasteiger partial charge on any atom is -0.542 e. The van der Waals surface area contributed by atoms with Crippen molar-refractivity contribution in [3.05, 3.63) is 52.2 Å². The summed E-state index contributed by atoms with van der Waals surface area (Å²) in [5, 5.41) is 11.6. The highest BCUT2D eigenvalue weighted by molar-refractivity contribution is 7.16. The van der Waals surface area contributed by atoms with Gasteiger partial charge in [-0.05, 0) is 24.3 Å². The highest BCUT2D eigenvalue weighted by Crippen LogP contribution is 2.26. The van der Waals surface area contributed by atoms with Crippen LogP contribution in [-0.2, 0) is 4.79 Å². The van der Waals surface area contributed by atoms with Crippen molar-refractivity contribution in [3.63, 3.8) is 0 Å². The molecular weight excluding hydrogens is 478 g/mol. The summed E-state index contributed by atoms with van der Waals surface area (Å²) in [5.74, 6) is -5.35. The van der Waals surface area contributed by atoms with Crippen LogP contribution in [0.3, 0.4) is 0 Å². The lowest BCUT2D eigenvalue weighted by Crippen LogP contribution is -3.08. The SMILES string of the molecule is O=C(NC1CC[NH+](c2ccccc2)CC1)c1ccc(C(=O)C(F)(F)F)s1.O=C([O-])C(F)(F)F. The van der Waals surface area contributed by atoms with Gasteiger partial charge < -0.3 is 20.1 Å². The van der Waals surface area contributed by atoms with E-state index in [2.05, 4.69) is 17.4 Å². The Hall–Kier alpha value is -2.93. The molecule has 1 aromatic carbocycles. The van der Waals surface area contributed by atoms with E-state index in [0.29, 0.717) is 11.3 Å². The fraction of sp³-hybridized carbons (Fsp3) is 0.350. The van der Waals surface area contributed by atoms with Gasteiger partial charge in [0.25, 0.3) is 11.7 Å². The maximum atomic E-state index is 12.4. The van der Waals surface area contributed by atoms with E-state index in [9.17, 15) is 35.9 Å². The third-order valence-corrected chi connectivity index (χ3v) is 5.73. The van der Waals surface area contributed by atoms with E-state index in [0.717, 1.165) is 32.0 Å². The number of carbonyl (C=O) groups excluding carboxylic acids is 3. The largest absolute Gasteiger partial charge is 0.542 e. The number of thiophene rings is 1. The molecule has 180 valence electrons. The van der Waals surface area contributed by atoms with Crippen LogP contribution in [0.4, 0.5) is 32.0 Å². The molecule has 1 aromatic heterocycles. The quantitative estimate of drug-likeness (QED) is 0.500. The van der Waals surface area contributed by atoms with Crippen molar-refractivity contribution in [1.29, 1.82) is 0 Å². The van der Waals surface area contributed by atoms with E-state index in [1.807, 2.05) is 18.2 Å². The molecule has 2 aromatic rings. The number of carboxylic acid groups (broad SMARTS) is 1. The number of Topliss-reactive ketones (excluding diaryl/α,β-unsaturated/α-hetero) is 1. The number of quaternary nitrogens is 1. The lowest BCUT2D eigenvalue weighted by atomic mass is 10.0. The van der Waals surface area contributed by atoms with Gasteiger partial charge in [-0.25, -0.2) is 0 Å². The summed E-state index contributed by atoms with van der Waals surface area (Å²) in [4.78, 5) is 33.3. The van der Waals surface area contributed by atoms with E-state index in [4.69, 9.17) is 9.90 Å². The number of benzene rings is 1. The van der Waals surface area contributed by atoms with Crippen LogP contribution in [-0.4, -0.2) is 49.1 Å². The second-order valence-electron chi connectivity index (χ2n) is 6.99. The summed E-state index contributed by atoms with van der Waals surface area (Å²) < 4.78 is 68.9. The number of alkyl halides is 6. The van der Waals surface area contributed by atoms with Gasteiger partial charge >= 0.3 is 12.4 Å². The molecule has 1 saturated heterocycles. The molecule has 0 saturated carbocycles. The number of aliphatic carboxylic acids is 1. The molecule has 0 atom stereocenters. The summed E-state index contributed by atoms with van der Waals surface area (Å²) >= 11 is 0.575. The minimum absolute atomic E-state index is 0.0150. The van der Waals surface area contributed by atoms with Gasteiger partial charge in [0.15, 0.2) is 0 Å². The smallest absolute Gasteiger partial charge is 0.455 e. The molecule has 1 aliphatic rings. The van der Waals surface area contributed by atoms with Gasteiger partial charge in [-0.3, -0.25) is 9.59 Å². The van der Waals surface area contributed by atoms with Crippen molar-refractivity contribution in [2.24, 2.45) is 0 Å². The predicted molar refractivity (Wildman–Crippen MR) is 103 cm³/mol. The molecule has 1 aliphatic heterocycles. The number of nitrogens with one attached hydrogen (secondary N) is 2. The molecule has 0 aliphatic carbocycles. The van der Waals surface area contributed by atoms with Gasteiger partial charge in [-0.2, -0.15) is 26.3 Å². The second-order valence-corrected chi connectivity index (χ2v) is 8.08. The molecule has 2 heterocycles. The Morgan fingerprint density at radius 2 is 1.39 bits per heavy atom. The maximum absolute atomic E-state index is 12.4. The number of amides is 1. The van der Waals surface area contributed by atoms with Crippen LogP contribution in [0.5, 0.6) is 0 Å². The zero-order valence-electron chi connectivity index (χ0n) is 16.8. The molecule has 0 bridgehead atoms. The fourth-order valence-electron chi connectivity index (χ4n) is 3.05. The molecule has 2 N–H and O–H groups in total. The zero-order valence-corrected chi connectivity index (χ0v) is 17.6. The third-order valence-electron chi connectivity index (χ3n) is 4.65. The first kappa shape index (κ1) is 26.3. The van der Waals surface area contributed by atoms with Crippen LogP contribution < -0.4 is 15.3 Å². The van der Waals surface area contributed by atoms with Gasteiger partial charge in [0.2, 0.25) is 0 Å². The molecule has 0 spiro atoms. The fourth-order valence-corrected chi connectivity index (χ4v) is 3.92. The number of ketones is 1. The van der Waals surface area contributed by atoms with Crippen LogP contribution in [0, 0.1) is 0 Å². The monoisotopic (exact) mass is 496 g/mol. The Labute approximate surface area is 187 Å². The summed E-state index contributed by atoms with van der Waals surface area (Å²) in [6, 6.07) is 12.4. The van der Waals surface area contributed by atoms with Gasteiger partial charge in [-0.1, -0.05) is 18.2 Å². The Balaban J connectivity index is 0.000000479. The number of hydrogen-bond donors (Lipinski definition) is 2. The lowest BCUT2D eigenvalue weighted by molar-refractivity contribution is -0.838. The number of halogens is 6. The molecule has 3 rings (SSSR count). The van der Waals surface area contributed by atoms with Crippen molar-refractivity contribution in [2.45, 2.75) is 31.2 Å². The molecule has 1 fully saturated rings. The summed E-state index contributed by atoms with van der Waals surface area (Å²) in [5.41, 5.74) is 1.21. The highest BCUT2D eigenvalue weighted by atomic mass is 32.1. The van der Waals surface area contributed by atoms with E-state index in [-0.39, 0.29) is 10.9 Å². The molecule has 13 heteroatoms. The van der Waals surface area contributed by atoms with Gasteiger partial charge in [-0.15, -0.1) is 11.3 Å². The Kier molecular flexibility index (Phi) is 8.61. The third kappa shape index (κ3) is 7.86.